The Kier molecular flexibility index (Phi) is 5.83. The number of fused-ring (bicyclic) bond motifs is 2. The van der Waals surface area contributed by atoms with E-state index in [0.29, 0.717) is 12.0 Å². The number of guanidine groups is 1. The van der Waals surface area contributed by atoms with E-state index in [1.54, 1.807) is 6.26 Å². The van der Waals surface area contributed by atoms with Crippen LogP contribution >= 0.6 is 0 Å². The van der Waals surface area contributed by atoms with E-state index in [1.807, 2.05) is 12.1 Å². The molecule has 1 N–H and O–H groups in total. The molecule has 5 heteroatoms. The predicted molar refractivity (Wildman–Crippen MR) is 103 cm³/mol. The number of hydrogen-bond acceptors (Lipinski definition) is 3. The molecule has 2 bridgehead atoms. The first kappa shape index (κ1) is 17.9. The lowest BCUT2D eigenvalue weighted by Crippen LogP contribution is -2.47. The number of furan rings is 1. The van der Waals surface area contributed by atoms with Crippen molar-refractivity contribution in [3.63, 3.8) is 0 Å². The second-order valence-corrected chi connectivity index (χ2v) is 8.22. The normalized spacial score (nSPS) is 31.1. The molecule has 26 heavy (non-hydrogen) atoms. The topological polar surface area (TPSA) is 50.0 Å². The second kappa shape index (κ2) is 8.47. The van der Waals surface area contributed by atoms with E-state index in [2.05, 4.69) is 17.1 Å². The monoisotopic (exact) mass is 359 g/mol. The van der Waals surface area contributed by atoms with E-state index in [1.165, 1.54) is 32.1 Å². The van der Waals surface area contributed by atoms with E-state index in [-0.39, 0.29) is 0 Å². The molecule has 4 unspecified atom stereocenters. The number of hydrogen-bond donors (Lipinski definition) is 1. The van der Waals surface area contributed by atoms with E-state index in [0.717, 1.165) is 62.8 Å². The van der Waals surface area contributed by atoms with Gasteiger partial charge in [-0.2, -0.15) is 0 Å². The van der Waals surface area contributed by atoms with Gasteiger partial charge in [0.05, 0.1) is 12.9 Å². The molecule has 0 spiro atoms. The largest absolute Gasteiger partial charge is 0.469 e. The van der Waals surface area contributed by atoms with Gasteiger partial charge in [-0.25, -0.2) is 0 Å². The van der Waals surface area contributed by atoms with Gasteiger partial charge in [0.2, 0.25) is 0 Å². The standard InChI is InChI=1S/C21H33N3O2/c1-2-25-15-17-8-10-24(14-17)21(22-9-7-19-4-3-11-26-19)23-20-13-16-5-6-18(20)12-16/h3-4,11,16-18,20H,2,5-10,12-15H2,1H3,(H,22,23). The summed E-state index contributed by atoms with van der Waals surface area (Å²) in [7, 11) is 0. The highest BCUT2D eigenvalue weighted by molar-refractivity contribution is 5.80. The SMILES string of the molecule is CCOCC1CCN(C(=NCCc2ccco2)NC2CC3CCC2C3)C1. The molecule has 1 aromatic heterocycles. The number of ether oxygens (including phenoxy) is 1. The van der Waals surface area contributed by atoms with Gasteiger partial charge in [-0.05, 0) is 56.6 Å². The smallest absolute Gasteiger partial charge is 0.194 e. The van der Waals surface area contributed by atoms with Crippen LogP contribution in [0.2, 0.25) is 0 Å². The summed E-state index contributed by atoms with van der Waals surface area (Å²) in [5.41, 5.74) is 0. The lowest BCUT2D eigenvalue weighted by atomic mass is 9.95. The van der Waals surface area contributed by atoms with Crippen molar-refractivity contribution in [3.8, 4) is 0 Å². The Labute approximate surface area is 157 Å². The van der Waals surface area contributed by atoms with Gasteiger partial charge in [-0.15, -0.1) is 0 Å². The maximum atomic E-state index is 5.65. The lowest BCUT2D eigenvalue weighted by Gasteiger charge is -2.29. The van der Waals surface area contributed by atoms with E-state index >= 15 is 0 Å². The third kappa shape index (κ3) is 4.25. The van der Waals surface area contributed by atoms with Crippen molar-refractivity contribution in [2.24, 2.45) is 22.7 Å². The highest BCUT2D eigenvalue weighted by Gasteiger charge is 2.40. The molecule has 3 fully saturated rings. The average molecular weight is 360 g/mol. The summed E-state index contributed by atoms with van der Waals surface area (Å²) in [6.07, 6.45) is 9.40. The maximum absolute atomic E-state index is 5.65. The maximum Gasteiger partial charge on any atom is 0.194 e. The fourth-order valence-corrected chi connectivity index (χ4v) is 5.00. The highest BCUT2D eigenvalue weighted by Crippen LogP contribution is 2.44. The van der Waals surface area contributed by atoms with Crippen molar-refractivity contribution in [1.29, 1.82) is 0 Å². The quantitative estimate of drug-likeness (QED) is 0.599. The Morgan fingerprint density at radius 3 is 3.04 bits per heavy atom. The van der Waals surface area contributed by atoms with Crippen LogP contribution < -0.4 is 5.32 Å². The number of nitrogens with one attached hydrogen (secondary N) is 1. The summed E-state index contributed by atoms with van der Waals surface area (Å²) in [5, 5.41) is 3.85. The van der Waals surface area contributed by atoms with Gasteiger partial charge in [-0.1, -0.05) is 6.42 Å². The van der Waals surface area contributed by atoms with Gasteiger partial charge in [0, 0.05) is 44.6 Å². The second-order valence-electron chi connectivity index (χ2n) is 8.22. The van der Waals surface area contributed by atoms with Crippen LogP contribution in [0.1, 0.15) is 44.8 Å². The van der Waals surface area contributed by atoms with Gasteiger partial charge in [-0.3, -0.25) is 4.99 Å². The molecule has 4 rings (SSSR count). The zero-order valence-corrected chi connectivity index (χ0v) is 16.0. The average Bonchev–Trinajstić information content (AvgIpc) is 3.43. The highest BCUT2D eigenvalue weighted by atomic mass is 16.5. The van der Waals surface area contributed by atoms with Crippen LogP contribution in [0.25, 0.3) is 0 Å². The predicted octanol–water partition coefficient (Wildman–Crippen LogP) is 3.31. The summed E-state index contributed by atoms with van der Waals surface area (Å²) >= 11 is 0. The number of nitrogens with zero attached hydrogens (tertiary/aromatic N) is 2. The van der Waals surface area contributed by atoms with Gasteiger partial charge >= 0.3 is 0 Å². The molecule has 0 radical (unpaired) electrons. The van der Waals surface area contributed by atoms with Crippen molar-refractivity contribution in [3.05, 3.63) is 24.2 Å². The van der Waals surface area contributed by atoms with Crippen molar-refractivity contribution < 1.29 is 9.15 Å². The van der Waals surface area contributed by atoms with Crippen molar-refractivity contribution >= 4 is 5.96 Å². The van der Waals surface area contributed by atoms with Crippen LogP contribution in [0, 0.1) is 17.8 Å². The van der Waals surface area contributed by atoms with Crippen LogP contribution in [-0.4, -0.2) is 49.7 Å². The molecule has 2 heterocycles. The zero-order chi connectivity index (χ0) is 17.8. The minimum Gasteiger partial charge on any atom is -0.469 e. The third-order valence-corrected chi connectivity index (χ3v) is 6.40. The molecule has 3 aliphatic rings. The van der Waals surface area contributed by atoms with Gasteiger partial charge in [0.1, 0.15) is 5.76 Å². The number of aliphatic imine (C=N–C) groups is 1. The van der Waals surface area contributed by atoms with Crippen molar-refractivity contribution in [2.75, 3.05) is 32.8 Å². The molecule has 5 nitrogen and oxygen atoms in total. The molecule has 4 atom stereocenters. The molecule has 2 aliphatic carbocycles. The Hall–Kier alpha value is -1.49. The van der Waals surface area contributed by atoms with E-state index in [9.17, 15) is 0 Å². The summed E-state index contributed by atoms with van der Waals surface area (Å²) in [6.45, 7) is 6.69. The Morgan fingerprint density at radius 1 is 1.35 bits per heavy atom. The van der Waals surface area contributed by atoms with Crippen LogP contribution in [-0.2, 0) is 11.2 Å². The minimum atomic E-state index is 0.627. The zero-order valence-electron chi connectivity index (χ0n) is 16.0. The van der Waals surface area contributed by atoms with Crippen LogP contribution in [0.5, 0.6) is 0 Å². The lowest BCUT2D eigenvalue weighted by molar-refractivity contribution is 0.114. The molecule has 1 saturated heterocycles. The molecular formula is C21H33N3O2. The molecule has 0 amide bonds. The third-order valence-electron chi connectivity index (χ3n) is 6.40. The Bertz CT molecular complexity index is 586. The van der Waals surface area contributed by atoms with Gasteiger partial charge in [0.25, 0.3) is 0 Å². The first-order chi connectivity index (χ1) is 12.8. The fraction of sp³-hybridized carbons (Fsp3) is 0.762. The van der Waals surface area contributed by atoms with Crippen LogP contribution in [0.4, 0.5) is 0 Å². The summed E-state index contributed by atoms with van der Waals surface area (Å²) in [4.78, 5) is 7.43. The minimum absolute atomic E-state index is 0.627. The number of rotatable bonds is 7. The summed E-state index contributed by atoms with van der Waals surface area (Å²) < 4.78 is 11.1. The molecular weight excluding hydrogens is 326 g/mol. The fourth-order valence-electron chi connectivity index (χ4n) is 5.00. The molecule has 2 saturated carbocycles. The Morgan fingerprint density at radius 2 is 2.31 bits per heavy atom. The molecule has 1 aromatic rings. The van der Waals surface area contributed by atoms with E-state index in [4.69, 9.17) is 14.1 Å². The van der Waals surface area contributed by atoms with Crippen molar-refractivity contribution in [2.45, 2.75) is 51.5 Å². The molecule has 1 aliphatic heterocycles. The van der Waals surface area contributed by atoms with Crippen molar-refractivity contribution in [1.82, 2.24) is 10.2 Å². The first-order valence-electron chi connectivity index (χ1n) is 10.5. The van der Waals surface area contributed by atoms with Crippen LogP contribution in [0.3, 0.4) is 0 Å². The van der Waals surface area contributed by atoms with Gasteiger partial charge < -0.3 is 19.4 Å². The van der Waals surface area contributed by atoms with E-state index < -0.39 is 0 Å². The van der Waals surface area contributed by atoms with Crippen LogP contribution in [0.15, 0.2) is 27.8 Å². The summed E-state index contributed by atoms with van der Waals surface area (Å²) in [6, 6.07) is 4.61. The van der Waals surface area contributed by atoms with Gasteiger partial charge in [0.15, 0.2) is 5.96 Å². The Balaban J connectivity index is 1.37. The summed E-state index contributed by atoms with van der Waals surface area (Å²) in [5.74, 6) is 4.58. The number of likely N-dealkylation sites (tertiary alicyclic amines) is 1. The molecule has 0 aromatic carbocycles. The first-order valence-corrected chi connectivity index (χ1v) is 10.5. The molecule has 144 valence electrons.